The van der Waals surface area contributed by atoms with Crippen LogP contribution >= 0.6 is 15.9 Å². The molecule has 0 saturated heterocycles. The lowest BCUT2D eigenvalue weighted by Crippen LogP contribution is -2.36. The third kappa shape index (κ3) is 2.72. The van der Waals surface area contributed by atoms with E-state index < -0.39 is 6.03 Å². The number of urea groups is 1. The van der Waals surface area contributed by atoms with E-state index in [9.17, 15) is 4.79 Å². The molecule has 2 N–H and O–H groups in total. The van der Waals surface area contributed by atoms with E-state index in [-0.39, 0.29) is 0 Å². The maximum atomic E-state index is 11.2. The van der Waals surface area contributed by atoms with Gasteiger partial charge in [0.15, 0.2) is 0 Å². The van der Waals surface area contributed by atoms with Crippen LogP contribution in [-0.4, -0.2) is 12.6 Å². The number of nitrogens with zero attached hydrogens (tertiary/aromatic N) is 1. The van der Waals surface area contributed by atoms with Crippen molar-refractivity contribution in [1.82, 2.24) is 0 Å². The maximum absolute atomic E-state index is 11.2. The number of amides is 2. The van der Waals surface area contributed by atoms with E-state index in [2.05, 4.69) is 22.9 Å². The summed E-state index contributed by atoms with van der Waals surface area (Å²) in [6, 6.07) is 5.44. The average Bonchev–Trinajstić information content (AvgIpc) is 2.20. The van der Waals surface area contributed by atoms with Crippen molar-refractivity contribution in [3.05, 3.63) is 28.2 Å². The van der Waals surface area contributed by atoms with Crippen molar-refractivity contribution < 1.29 is 4.79 Å². The maximum Gasteiger partial charge on any atom is 0.319 e. The molecule has 0 atom stereocenters. The number of aryl methyl sites for hydroxylation is 1. The molecule has 0 unspecified atom stereocenters. The minimum atomic E-state index is -0.408. The summed E-state index contributed by atoms with van der Waals surface area (Å²) in [6.07, 6.45) is 0.874. The van der Waals surface area contributed by atoms with Gasteiger partial charge >= 0.3 is 6.03 Å². The minimum Gasteiger partial charge on any atom is -0.351 e. The summed E-state index contributed by atoms with van der Waals surface area (Å²) in [6.45, 7) is 4.55. The van der Waals surface area contributed by atoms with Crippen molar-refractivity contribution in [3.63, 3.8) is 0 Å². The van der Waals surface area contributed by atoms with Crippen LogP contribution in [0.25, 0.3) is 0 Å². The standard InChI is InChI=1S/C11H15BrN2O/c1-3-8-7-9(12)5-6-10(8)14(4-2)11(13)15/h5-7H,3-4H2,1-2H3,(H2,13,15). The summed E-state index contributed by atoms with van der Waals surface area (Å²) in [5, 5.41) is 0. The quantitative estimate of drug-likeness (QED) is 0.902. The highest BCUT2D eigenvalue weighted by molar-refractivity contribution is 9.10. The third-order valence-corrected chi connectivity index (χ3v) is 2.79. The molecule has 0 bridgehead atoms. The van der Waals surface area contributed by atoms with Crippen molar-refractivity contribution in [1.29, 1.82) is 0 Å². The Hall–Kier alpha value is -1.03. The highest BCUT2D eigenvalue weighted by atomic mass is 79.9. The van der Waals surface area contributed by atoms with Crippen LogP contribution in [0.15, 0.2) is 22.7 Å². The molecule has 15 heavy (non-hydrogen) atoms. The van der Waals surface area contributed by atoms with Crippen molar-refractivity contribution in [2.24, 2.45) is 5.73 Å². The first kappa shape index (κ1) is 12.0. The Balaban J connectivity index is 3.16. The molecule has 3 nitrogen and oxygen atoms in total. The molecule has 82 valence electrons. The number of benzene rings is 1. The molecule has 0 spiro atoms. The highest BCUT2D eigenvalue weighted by Gasteiger charge is 2.13. The van der Waals surface area contributed by atoms with Gasteiger partial charge in [-0.15, -0.1) is 0 Å². The van der Waals surface area contributed by atoms with Gasteiger partial charge in [0.1, 0.15) is 0 Å². The molecule has 1 rings (SSSR count). The minimum absolute atomic E-state index is 0.408. The lowest BCUT2D eigenvalue weighted by Gasteiger charge is -2.21. The van der Waals surface area contributed by atoms with Crippen LogP contribution in [0.1, 0.15) is 19.4 Å². The number of primary amides is 1. The second kappa shape index (κ2) is 5.16. The first-order valence-corrected chi connectivity index (χ1v) is 5.74. The van der Waals surface area contributed by atoms with Gasteiger partial charge in [0.25, 0.3) is 0 Å². The SMILES string of the molecule is CCc1cc(Br)ccc1N(CC)C(N)=O. The van der Waals surface area contributed by atoms with Gasteiger partial charge in [0.05, 0.1) is 0 Å². The number of halogens is 1. The molecule has 2 amide bonds. The summed E-state index contributed by atoms with van der Waals surface area (Å²) in [5.74, 6) is 0. The van der Waals surface area contributed by atoms with Gasteiger partial charge in [0.2, 0.25) is 0 Å². The van der Waals surface area contributed by atoms with Crippen LogP contribution in [0.5, 0.6) is 0 Å². The van der Waals surface area contributed by atoms with Crippen molar-refractivity contribution in [2.45, 2.75) is 20.3 Å². The fraction of sp³-hybridized carbons (Fsp3) is 0.364. The highest BCUT2D eigenvalue weighted by Crippen LogP contribution is 2.24. The van der Waals surface area contributed by atoms with Crippen LogP contribution in [0, 0.1) is 0 Å². The van der Waals surface area contributed by atoms with Crippen molar-refractivity contribution in [2.75, 3.05) is 11.4 Å². The molecule has 1 aromatic carbocycles. The first-order valence-electron chi connectivity index (χ1n) is 4.95. The van der Waals surface area contributed by atoms with E-state index in [1.807, 2.05) is 25.1 Å². The van der Waals surface area contributed by atoms with Crippen LogP contribution in [0.4, 0.5) is 10.5 Å². The molecular weight excluding hydrogens is 256 g/mol. The number of hydrogen-bond acceptors (Lipinski definition) is 1. The zero-order valence-corrected chi connectivity index (χ0v) is 10.5. The van der Waals surface area contributed by atoms with E-state index in [4.69, 9.17) is 5.73 Å². The van der Waals surface area contributed by atoms with Crippen LogP contribution in [-0.2, 0) is 6.42 Å². The molecule has 0 aliphatic heterocycles. The van der Waals surface area contributed by atoms with Gasteiger partial charge in [-0.1, -0.05) is 22.9 Å². The van der Waals surface area contributed by atoms with E-state index in [1.54, 1.807) is 4.90 Å². The second-order valence-electron chi connectivity index (χ2n) is 3.21. The van der Waals surface area contributed by atoms with Crippen molar-refractivity contribution in [3.8, 4) is 0 Å². The van der Waals surface area contributed by atoms with Gasteiger partial charge in [-0.2, -0.15) is 0 Å². The Labute approximate surface area is 98.4 Å². The summed E-state index contributed by atoms with van der Waals surface area (Å²) in [5.41, 5.74) is 7.33. The molecule has 4 heteroatoms. The fourth-order valence-electron chi connectivity index (χ4n) is 1.55. The molecule has 0 radical (unpaired) electrons. The largest absolute Gasteiger partial charge is 0.351 e. The predicted octanol–water partition coefficient (Wildman–Crippen LogP) is 2.92. The molecule has 0 fully saturated rings. The number of anilines is 1. The lowest BCUT2D eigenvalue weighted by atomic mass is 10.1. The van der Waals surface area contributed by atoms with Crippen LogP contribution in [0.2, 0.25) is 0 Å². The number of hydrogen-bond donors (Lipinski definition) is 1. The first-order chi connectivity index (χ1) is 7.10. The summed E-state index contributed by atoms with van der Waals surface area (Å²) in [7, 11) is 0. The molecule has 0 aromatic heterocycles. The van der Waals surface area contributed by atoms with Crippen molar-refractivity contribution >= 4 is 27.6 Å². The summed E-state index contributed by atoms with van der Waals surface area (Å²) in [4.78, 5) is 12.8. The lowest BCUT2D eigenvalue weighted by molar-refractivity contribution is 0.254. The van der Waals surface area contributed by atoms with E-state index in [1.165, 1.54) is 0 Å². The van der Waals surface area contributed by atoms with E-state index in [0.717, 1.165) is 22.1 Å². The molecule has 0 aliphatic carbocycles. The van der Waals surface area contributed by atoms with Crippen LogP contribution in [0.3, 0.4) is 0 Å². The Morgan fingerprint density at radius 2 is 2.13 bits per heavy atom. The van der Waals surface area contributed by atoms with E-state index >= 15 is 0 Å². The van der Waals surface area contributed by atoms with E-state index in [0.29, 0.717) is 6.54 Å². The monoisotopic (exact) mass is 270 g/mol. The molecule has 0 saturated carbocycles. The Bertz CT molecular complexity index is 366. The average molecular weight is 271 g/mol. The molecular formula is C11H15BrN2O. The van der Waals surface area contributed by atoms with Gasteiger partial charge in [-0.25, -0.2) is 4.79 Å². The Morgan fingerprint density at radius 1 is 1.47 bits per heavy atom. The van der Waals surface area contributed by atoms with Gasteiger partial charge in [-0.3, -0.25) is 4.90 Å². The Morgan fingerprint density at radius 3 is 2.60 bits per heavy atom. The zero-order valence-electron chi connectivity index (χ0n) is 8.96. The Kier molecular flexibility index (Phi) is 4.15. The third-order valence-electron chi connectivity index (χ3n) is 2.30. The fourth-order valence-corrected chi connectivity index (χ4v) is 1.95. The second-order valence-corrected chi connectivity index (χ2v) is 4.12. The van der Waals surface area contributed by atoms with Crippen LogP contribution < -0.4 is 10.6 Å². The molecule has 0 aliphatic rings. The number of carbonyl (C=O) groups excluding carboxylic acids is 1. The van der Waals surface area contributed by atoms with Gasteiger partial charge < -0.3 is 5.73 Å². The molecule has 0 heterocycles. The summed E-state index contributed by atoms with van der Waals surface area (Å²) >= 11 is 3.41. The van der Waals surface area contributed by atoms with Gasteiger partial charge in [-0.05, 0) is 37.1 Å². The van der Waals surface area contributed by atoms with Gasteiger partial charge in [0, 0.05) is 16.7 Å². The number of rotatable bonds is 3. The smallest absolute Gasteiger partial charge is 0.319 e. The summed E-state index contributed by atoms with van der Waals surface area (Å²) < 4.78 is 1.02. The topological polar surface area (TPSA) is 46.3 Å². The zero-order chi connectivity index (χ0) is 11.4. The predicted molar refractivity (Wildman–Crippen MR) is 66.1 cm³/mol. The molecule has 1 aromatic rings. The normalized spacial score (nSPS) is 10.1. The number of carbonyl (C=O) groups is 1. The number of nitrogens with two attached hydrogens (primary N) is 1.